The predicted octanol–water partition coefficient (Wildman–Crippen LogP) is 4.30. The molecule has 0 fully saturated rings. The van der Waals surface area contributed by atoms with Gasteiger partial charge < -0.3 is 4.90 Å². The molecule has 0 N–H and O–H groups in total. The van der Waals surface area contributed by atoms with Crippen molar-refractivity contribution in [1.29, 1.82) is 0 Å². The SMILES string of the molecule is CCN(/C=C/C(C)CCCC(C)C)CC. The monoisotopic (exact) mass is 211 g/mol. The van der Waals surface area contributed by atoms with E-state index in [4.69, 9.17) is 0 Å². The third-order valence-electron chi connectivity index (χ3n) is 2.88. The summed E-state index contributed by atoms with van der Waals surface area (Å²) in [4.78, 5) is 2.35. The lowest BCUT2D eigenvalue weighted by Gasteiger charge is -2.16. The molecule has 0 aliphatic carbocycles. The third-order valence-corrected chi connectivity index (χ3v) is 2.88. The minimum Gasteiger partial charge on any atom is -0.378 e. The minimum atomic E-state index is 0.726. The molecule has 0 aliphatic rings. The molecule has 90 valence electrons. The maximum absolute atomic E-state index is 2.35. The highest BCUT2D eigenvalue weighted by Crippen LogP contribution is 2.13. The van der Waals surface area contributed by atoms with Crippen LogP contribution in [0.15, 0.2) is 12.3 Å². The Hall–Kier alpha value is -0.460. The van der Waals surface area contributed by atoms with Crippen molar-refractivity contribution in [3.05, 3.63) is 12.3 Å². The van der Waals surface area contributed by atoms with E-state index in [2.05, 4.69) is 51.8 Å². The molecule has 1 nitrogen and oxygen atoms in total. The van der Waals surface area contributed by atoms with Crippen molar-refractivity contribution in [2.45, 2.75) is 53.9 Å². The van der Waals surface area contributed by atoms with Crippen LogP contribution in [0.25, 0.3) is 0 Å². The lowest BCUT2D eigenvalue weighted by Crippen LogP contribution is -2.15. The fourth-order valence-corrected chi connectivity index (χ4v) is 1.65. The van der Waals surface area contributed by atoms with E-state index < -0.39 is 0 Å². The van der Waals surface area contributed by atoms with Crippen molar-refractivity contribution >= 4 is 0 Å². The van der Waals surface area contributed by atoms with Gasteiger partial charge in [-0.1, -0.05) is 39.7 Å². The van der Waals surface area contributed by atoms with Gasteiger partial charge in [-0.15, -0.1) is 0 Å². The fourth-order valence-electron chi connectivity index (χ4n) is 1.65. The number of allylic oxidation sites excluding steroid dienone is 1. The molecule has 0 saturated heterocycles. The highest BCUT2D eigenvalue weighted by molar-refractivity contribution is 4.86. The highest BCUT2D eigenvalue weighted by atomic mass is 15.1. The minimum absolute atomic E-state index is 0.726. The first-order valence-electron chi connectivity index (χ1n) is 6.52. The van der Waals surface area contributed by atoms with Crippen LogP contribution in [0.1, 0.15) is 53.9 Å². The van der Waals surface area contributed by atoms with E-state index in [9.17, 15) is 0 Å². The number of hydrogen-bond donors (Lipinski definition) is 0. The topological polar surface area (TPSA) is 3.24 Å². The van der Waals surface area contributed by atoms with Gasteiger partial charge in [0.05, 0.1) is 0 Å². The molecule has 0 rings (SSSR count). The largest absolute Gasteiger partial charge is 0.378 e. The van der Waals surface area contributed by atoms with Crippen molar-refractivity contribution in [1.82, 2.24) is 4.90 Å². The van der Waals surface area contributed by atoms with Gasteiger partial charge in [-0.05, 0) is 38.3 Å². The molecule has 0 aromatic carbocycles. The van der Waals surface area contributed by atoms with Gasteiger partial charge in [-0.2, -0.15) is 0 Å². The van der Waals surface area contributed by atoms with E-state index in [1.54, 1.807) is 0 Å². The second-order valence-corrected chi connectivity index (χ2v) is 4.86. The van der Waals surface area contributed by atoms with Crippen LogP contribution in [0.4, 0.5) is 0 Å². The number of hydrogen-bond acceptors (Lipinski definition) is 1. The summed E-state index contributed by atoms with van der Waals surface area (Å²) < 4.78 is 0. The molecule has 0 amide bonds. The average molecular weight is 211 g/mol. The molecule has 0 aromatic rings. The quantitative estimate of drug-likeness (QED) is 0.578. The Morgan fingerprint density at radius 2 is 1.60 bits per heavy atom. The van der Waals surface area contributed by atoms with E-state index in [1.165, 1.54) is 19.3 Å². The molecule has 1 unspecified atom stereocenters. The maximum Gasteiger partial charge on any atom is 0.0143 e. The number of rotatable bonds is 8. The van der Waals surface area contributed by atoms with Gasteiger partial charge in [0.15, 0.2) is 0 Å². The second kappa shape index (κ2) is 8.82. The zero-order valence-electron chi connectivity index (χ0n) is 11.3. The molecule has 1 heteroatoms. The number of nitrogens with zero attached hydrogens (tertiary/aromatic N) is 1. The first-order valence-corrected chi connectivity index (χ1v) is 6.52. The summed E-state index contributed by atoms with van der Waals surface area (Å²) in [6.07, 6.45) is 8.67. The zero-order valence-corrected chi connectivity index (χ0v) is 11.3. The van der Waals surface area contributed by atoms with Gasteiger partial charge in [-0.3, -0.25) is 0 Å². The van der Waals surface area contributed by atoms with Crippen molar-refractivity contribution in [2.75, 3.05) is 13.1 Å². The van der Waals surface area contributed by atoms with Crippen LogP contribution in [0, 0.1) is 11.8 Å². The van der Waals surface area contributed by atoms with E-state index in [0.29, 0.717) is 0 Å². The molecule has 0 saturated carbocycles. The molecule has 0 bridgehead atoms. The Bertz CT molecular complexity index is 157. The fraction of sp³-hybridized carbons (Fsp3) is 0.857. The summed E-state index contributed by atoms with van der Waals surface area (Å²) in [7, 11) is 0. The van der Waals surface area contributed by atoms with Crippen molar-refractivity contribution in [3.8, 4) is 0 Å². The molecule has 0 aromatic heterocycles. The maximum atomic E-state index is 2.35. The van der Waals surface area contributed by atoms with Gasteiger partial charge in [0, 0.05) is 13.1 Å². The molecule has 0 heterocycles. The van der Waals surface area contributed by atoms with Crippen LogP contribution in [0.5, 0.6) is 0 Å². The van der Waals surface area contributed by atoms with Crippen LogP contribution in [-0.2, 0) is 0 Å². The second-order valence-electron chi connectivity index (χ2n) is 4.86. The Morgan fingerprint density at radius 3 is 2.07 bits per heavy atom. The first-order chi connectivity index (χ1) is 7.10. The lowest BCUT2D eigenvalue weighted by atomic mass is 10.00. The highest BCUT2D eigenvalue weighted by Gasteiger charge is 1.99. The Morgan fingerprint density at radius 1 is 1.00 bits per heavy atom. The zero-order chi connectivity index (χ0) is 11.7. The molecular weight excluding hydrogens is 182 g/mol. The molecule has 15 heavy (non-hydrogen) atoms. The summed E-state index contributed by atoms with van der Waals surface area (Å²) in [6, 6.07) is 0. The van der Waals surface area contributed by atoms with Gasteiger partial charge in [0.25, 0.3) is 0 Å². The molecule has 0 aliphatic heterocycles. The lowest BCUT2D eigenvalue weighted by molar-refractivity contribution is 0.412. The standard InChI is InChI=1S/C14H29N/c1-6-15(7-2)12-11-14(5)10-8-9-13(3)4/h11-14H,6-10H2,1-5H3/b12-11+. The molecule has 0 spiro atoms. The van der Waals surface area contributed by atoms with Crippen molar-refractivity contribution in [2.24, 2.45) is 11.8 Å². The summed E-state index contributed by atoms with van der Waals surface area (Å²) in [5, 5.41) is 0. The predicted molar refractivity (Wildman–Crippen MR) is 69.9 cm³/mol. The van der Waals surface area contributed by atoms with E-state index in [0.717, 1.165) is 24.9 Å². The van der Waals surface area contributed by atoms with E-state index >= 15 is 0 Å². The average Bonchev–Trinajstić information content (AvgIpc) is 2.18. The van der Waals surface area contributed by atoms with Crippen LogP contribution in [-0.4, -0.2) is 18.0 Å². The van der Waals surface area contributed by atoms with Crippen molar-refractivity contribution < 1.29 is 0 Å². The Balaban J connectivity index is 3.67. The van der Waals surface area contributed by atoms with E-state index in [1.807, 2.05) is 0 Å². The van der Waals surface area contributed by atoms with Gasteiger partial charge in [-0.25, -0.2) is 0 Å². The third kappa shape index (κ3) is 8.53. The normalized spacial score (nSPS) is 13.7. The van der Waals surface area contributed by atoms with E-state index in [-0.39, 0.29) is 0 Å². The van der Waals surface area contributed by atoms with Gasteiger partial charge >= 0.3 is 0 Å². The summed E-state index contributed by atoms with van der Waals surface area (Å²) in [6.45, 7) is 13.6. The van der Waals surface area contributed by atoms with Crippen LogP contribution < -0.4 is 0 Å². The van der Waals surface area contributed by atoms with Gasteiger partial charge in [0.1, 0.15) is 0 Å². The first kappa shape index (κ1) is 14.5. The van der Waals surface area contributed by atoms with Gasteiger partial charge in [0.2, 0.25) is 0 Å². The van der Waals surface area contributed by atoms with Crippen molar-refractivity contribution in [3.63, 3.8) is 0 Å². The summed E-state index contributed by atoms with van der Waals surface area (Å²) >= 11 is 0. The Labute approximate surface area is 96.6 Å². The van der Waals surface area contributed by atoms with Crippen LogP contribution in [0.2, 0.25) is 0 Å². The molecule has 0 radical (unpaired) electrons. The molecular formula is C14H29N. The smallest absolute Gasteiger partial charge is 0.0143 e. The summed E-state index contributed by atoms with van der Waals surface area (Å²) in [5.74, 6) is 1.58. The Kier molecular flexibility index (Phi) is 8.55. The molecule has 1 atom stereocenters. The van der Waals surface area contributed by atoms with Crippen LogP contribution in [0.3, 0.4) is 0 Å². The summed E-state index contributed by atoms with van der Waals surface area (Å²) in [5.41, 5.74) is 0. The van der Waals surface area contributed by atoms with Crippen LogP contribution >= 0.6 is 0 Å².